The van der Waals surface area contributed by atoms with Crippen LogP contribution in [0.4, 0.5) is 0 Å². The molecule has 2 aromatic carbocycles. The summed E-state index contributed by atoms with van der Waals surface area (Å²) in [5.74, 6) is -3.56. The van der Waals surface area contributed by atoms with Crippen molar-refractivity contribution in [2.75, 3.05) is 7.11 Å². The third-order valence-electron chi connectivity index (χ3n) is 5.09. The van der Waals surface area contributed by atoms with Crippen LogP contribution in [0.3, 0.4) is 0 Å². The number of rotatable bonds is 5. The second-order valence-corrected chi connectivity index (χ2v) is 7.21. The van der Waals surface area contributed by atoms with Gasteiger partial charge in [-0.1, -0.05) is 0 Å². The number of phenolic OH excluding ortho intramolecular Hbond substituents is 1. The quantitative estimate of drug-likeness (QED) is 0.222. The summed E-state index contributed by atoms with van der Waals surface area (Å²) < 4.78 is 21.6. The zero-order valence-electron chi connectivity index (χ0n) is 18.2. The molecule has 34 heavy (non-hydrogen) atoms. The third kappa shape index (κ3) is 3.79. The zero-order chi connectivity index (χ0) is 24.6. The number of aromatic carboxylic acids is 1. The summed E-state index contributed by atoms with van der Waals surface area (Å²) >= 11 is 0. The Kier molecular flexibility index (Phi) is 5.68. The molecule has 11 nitrogen and oxygen atoms in total. The van der Waals surface area contributed by atoms with Crippen molar-refractivity contribution in [2.24, 2.45) is 5.10 Å². The fraction of sp³-hybridized carbons (Fsp3) is 0.130. The Morgan fingerprint density at radius 1 is 1.15 bits per heavy atom. The zero-order valence-corrected chi connectivity index (χ0v) is 18.2. The van der Waals surface area contributed by atoms with Crippen LogP contribution in [-0.4, -0.2) is 41.4 Å². The predicted octanol–water partition coefficient (Wildman–Crippen LogP) is 3.40. The smallest absolute Gasteiger partial charge is 0.347 e. The number of carboxylic acid groups (broad SMARTS) is 1. The van der Waals surface area contributed by atoms with E-state index in [1.165, 1.54) is 37.6 Å². The minimum absolute atomic E-state index is 0.00776. The van der Waals surface area contributed by atoms with Crippen LogP contribution in [0.2, 0.25) is 0 Å². The van der Waals surface area contributed by atoms with Gasteiger partial charge in [-0.2, -0.15) is 5.10 Å². The van der Waals surface area contributed by atoms with E-state index in [1.54, 1.807) is 13.8 Å². The molecule has 3 aromatic rings. The first-order chi connectivity index (χ1) is 16.2. The van der Waals surface area contributed by atoms with Crippen molar-refractivity contribution >= 4 is 24.1 Å². The monoisotopic (exact) mass is 466 g/mol. The van der Waals surface area contributed by atoms with Crippen molar-refractivity contribution in [1.82, 2.24) is 5.43 Å². The minimum atomic E-state index is -1.35. The number of furan rings is 1. The Hall–Kier alpha value is -4.80. The minimum Gasteiger partial charge on any atom is -0.507 e. The fourth-order valence-electron chi connectivity index (χ4n) is 3.44. The van der Waals surface area contributed by atoms with E-state index < -0.39 is 17.8 Å². The number of esters is 1. The van der Waals surface area contributed by atoms with Gasteiger partial charge in [-0.25, -0.2) is 15.0 Å². The standard InChI is InChI=1S/C23H18N2O9/c1-10-7-14(26)13(9-24-25-21(27)15-5-4-6-32-15)19-17(10)23(30)34-18-11(2)16(31-3)8-12(22(28)29)20(18)33-19/h4-9,26H,1-3H3,(H,25,27)(H,28,29). The van der Waals surface area contributed by atoms with Gasteiger partial charge in [0, 0.05) is 5.56 Å². The van der Waals surface area contributed by atoms with Crippen LogP contribution in [-0.2, 0) is 0 Å². The molecule has 0 aliphatic carbocycles. The lowest BCUT2D eigenvalue weighted by atomic mass is 10.0. The number of benzene rings is 2. The average molecular weight is 466 g/mol. The van der Waals surface area contributed by atoms with Gasteiger partial charge in [0.1, 0.15) is 22.6 Å². The molecule has 0 saturated carbocycles. The molecule has 0 atom stereocenters. The van der Waals surface area contributed by atoms with Crippen molar-refractivity contribution in [3.05, 3.63) is 64.1 Å². The number of nitrogens with one attached hydrogen (secondary N) is 1. The molecule has 2 heterocycles. The van der Waals surface area contributed by atoms with Crippen LogP contribution < -0.4 is 19.6 Å². The number of nitrogens with zero attached hydrogens (tertiary/aromatic N) is 1. The van der Waals surface area contributed by atoms with E-state index in [4.69, 9.17) is 18.6 Å². The topological polar surface area (TPSA) is 157 Å². The molecule has 1 aliphatic heterocycles. The number of fused-ring (bicyclic) bond motifs is 2. The molecule has 0 saturated heterocycles. The molecule has 0 radical (unpaired) electrons. The van der Waals surface area contributed by atoms with Gasteiger partial charge in [-0.05, 0) is 43.7 Å². The second-order valence-electron chi connectivity index (χ2n) is 7.21. The van der Waals surface area contributed by atoms with Gasteiger partial charge in [0.2, 0.25) is 0 Å². The van der Waals surface area contributed by atoms with Crippen molar-refractivity contribution in [2.45, 2.75) is 13.8 Å². The van der Waals surface area contributed by atoms with Crippen molar-refractivity contribution in [1.29, 1.82) is 0 Å². The number of ether oxygens (including phenoxy) is 3. The fourth-order valence-corrected chi connectivity index (χ4v) is 3.44. The van der Waals surface area contributed by atoms with E-state index in [0.717, 1.165) is 6.21 Å². The first-order valence-corrected chi connectivity index (χ1v) is 9.81. The SMILES string of the molecule is COc1cc(C(=O)O)c2c(c1C)OC(=O)c1c(C)cc(O)c(C=NNC(=O)c3ccco3)c1O2. The number of carbonyl (C=O) groups is 3. The summed E-state index contributed by atoms with van der Waals surface area (Å²) in [4.78, 5) is 37.0. The summed E-state index contributed by atoms with van der Waals surface area (Å²) in [6.07, 6.45) is 2.38. The van der Waals surface area contributed by atoms with E-state index >= 15 is 0 Å². The Balaban J connectivity index is 1.85. The maximum absolute atomic E-state index is 13.0. The molecule has 0 bridgehead atoms. The van der Waals surface area contributed by atoms with E-state index in [0.29, 0.717) is 11.1 Å². The molecule has 1 amide bonds. The number of amides is 1. The second kappa shape index (κ2) is 8.62. The maximum Gasteiger partial charge on any atom is 0.347 e. The van der Waals surface area contributed by atoms with Crippen molar-refractivity contribution in [3.63, 3.8) is 0 Å². The van der Waals surface area contributed by atoms with Crippen molar-refractivity contribution in [3.8, 4) is 28.7 Å². The van der Waals surface area contributed by atoms with E-state index in [-0.39, 0.29) is 51.2 Å². The highest BCUT2D eigenvalue weighted by molar-refractivity contribution is 6.04. The van der Waals surface area contributed by atoms with E-state index in [1.807, 2.05) is 0 Å². The predicted molar refractivity (Wildman–Crippen MR) is 116 cm³/mol. The Bertz CT molecular complexity index is 1360. The number of carbonyl (C=O) groups excluding carboxylic acids is 2. The maximum atomic E-state index is 13.0. The van der Waals surface area contributed by atoms with Gasteiger partial charge < -0.3 is 28.8 Å². The summed E-state index contributed by atoms with van der Waals surface area (Å²) in [5, 5.41) is 24.1. The van der Waals surface area contributed by atoms with Gasteiger partial charge >= 0.3 is 17.8 Å². The third-order valence-corrected chi connectivity index (χ3v) is 5.09. The molecule has 4 rings (SSSR count). The highest BCUT2D eigenvalue weighted by Gasteiger charge is 2.33. The number of hydrogen-bond acceptors (Lipinski definition) is 9. The molecule has 0 fully saturated rings. The van der Waals surface area contributed by atoms with Crippen molar-refractivity contribution < 1.29 is 43.2 Å². The van der Waals surface area contributed by atoms with Gasteiger partial charge in [-0.3, -0.25) is 4.79 Å². The van der Waals surface area contributed by atoms with Crippen LogP contribution in [0.1, 0.15) is 48.0 Å². The Morgan fingerprint density at radius 2 is 1.91 bits per heavy atom. The van der Waals surface area contributed by atoms with Gasteiger partial charge in [-0.15, -0.1) is 0 Å². The number of aryl methyl sites for hydroxylation is 1. The van der Waals surface area contributed by atoms with Gasteiger partial charge in [0.25, 0.3) is 0 Å². The Morgan fingerprint density at radius 3 is 2.56 bits per heavy atom. The number of hydrazone groups is 1. The van der Waals surface area contributed by atoms with Crippen LogP contribution in [0.15, 0.2) is 40.0 Å². The molecule has 0 unspecified atom stereocenters. The number of methoxy groups -OCH3 is 1. The summed E-state index contributed by atoms with van der Waals surface area (Å²) in [5.41, 5.74) is 2.41. The van der Waals surface area contributed by atoms with Crippen LogP contribution in [0, 0.1) is 13.8 Å². The summed E-state index contributed by atoms with van der Waals surface area (Å²) in [6.45, 7) is 3.12. The molecule has 174 valence electrons. The molecule has 11 heteroatoms. The van der Waals surface area contributed by atoms with E-state index in [9.17, 15) is 24.6 Å². The van der Waals surface area contributed by atoms with Gasteiger partial charge in [0.15, 0.2) is 23.0 Å². The normalized spacial score (nSPS) is 12.3. The molecule has 1 aromatic heterocycles. The highest BCUT2D eigenvalue weighted by atomic mass is 16.6. The van der Waals surface area contributed by atoms with Crippen LogP contribution >= 0.6 is 0 Å². The number of hydrogen-bond donors (Lipinski definition) is 3. The van der Waals surface area contributed by atoms with Crippen LogP contribution in [0.25, 0.3) is 0 Å². The molecular formula is C23H18N2O9. The Labute approximate surface area is 192 Å². The average Bonchev–Trinajstić information content (AvgIpc) is 3.27. The largest absolute Gasteiger partial charge is 0.507 e. The lowest BCUT2D eigenvalue weighted by molar-refractivity contribution is 0.0685. The molecule has 0 spiro atoms. The lowest BCUT2D eigenvalue weighted by Gasteiger charge is -2.16. The highest BCUT2D eigenvalue weighted by Crippen LogP contribution is 2.48. The van der Waals surface area contributed by atoms with Crippen LogP contribution in [0.5, 0.6) is 28.7 Å². The molecule has 3 N–H and O–H groups in total. The molecular weight excluding hydrogens is 448 g/mol. The number of phenols is 1. The number of carboxylic acids is 1. The van der Waals surface area contributed by atoms with E-state index in [2.05, 4.69) is 10.5 Å². The summed E-state index contributed by atoms with van der Waals surface area (Å²) in [7, 11) is 1.35. The first kappa shape index (κ1) is 22.4. The van der Waals surface area contributed by atoms with Gasteiger partial charge in [0.05, 0.1) is 25.2 Å². The molecule has 1 aliphatic rings. The lowest BCUT2D eigenvalue weighted by Crippen LogP contribution is -2.17. The first-order valence-electron chi connectivity index (χ1n) is 9.81. The summed E-state index contributed by atoms with van der Waals surface area (Å²) in [6, 6.07) is 5.49. The number of aromatic hydroxyl groups is 1.